The molecule has 2 atom stereocenters. The van der Waals surface area contributed by atoms with Gasteiger partial charge in [0.1, 0.15) is 5.82 Å². The van der Waals surface area contributed by atoms with E-state index in [1.165, 1.54) is 12.1 Å². The molecule has 1 N–H and O–H groups in total. The molecular weight excluding hydrogens is 243 g/mol. The van der Waals surface area contributed by atoms with E-state index in [1.54, 1.807) is 0 Å². The van der Waals surface area contributed by atoms with Crippen LogP contribution in [-0.4, -0.2) is 39.4 Å². The first-order valence-electron chi connectivity index (χ1n) is 6.98. The SMILES string of the molecule is CCNC1CCOCC1CN(C)c1ccc(F)cc1. The number of nitrogens with one attached hydrogen (secondary N) is 1. The largest absolute Gasteiger partial charge is 0.381 e. The lowest BCUT2D eigenvalue weighted by atomic mass is 9.95. The molecule has 0 saturated carbocycles. The van der Waals surface area contributed by atoms with Crippen LogP contribution in [0.15, 0.2) is 24.3 Å². The van der Waals surface area contributed by atoms with Crippen LogP contribution in [0.5, 0.6) is 0 Å². The Labute approximate surface area is 114 Å². The maximum atomic E-state index is 12.9. The molecule has 1 saturated heterocycles. The second-order valence-electron chi connectivity index (χ2n) is 5.14. The Morgan fingerprint density at radius 1 is 1.37 bits per heavy atom. The summed E-state index contributed by atoms with van der Waals surface area (Å²) in [4.78, 5) is 2.17. The molecule has 1 aliphatic rings. The minimum absolute atomic E-state index is 0.191. The lowest BCUT2D eigenvalue weighted by molar-refractivity contribution is 0.0355. The number of halogens is 1. The first-order valence-corrected chi connectivity index (χ1v) is 6.98. The highest BCUT2D eigenvalue weighted by molar-refractivity contribution is 5.45. The molecule has 0 radical (unpaired) electrons. The molecule has 2 rings (SSSR count). The summed E-state index contributed by atoms with van der Waals surface area (Å²) in [6.07, 6.45) is 1.07. The van der Waals surface area contributed by atoms with Gasteiger partial charge >= 0.3 is 0 Å². The number of nitrogens with zero attached hydrogens (tertiary/aromatic N) is 1. The van der Waals surface area contributed by atoms with E-state index in [2.05, 4.69) is 17.1 Å². The molecule has 1 aliphatic heterocycles. The molecule has 0 spiro atoms. The molecule has 0 amide bonds. The first kappa shape index (κ1) is 14.3. The van der Waals surface area contributed by atoms with Crippen LogP contribution in [0.4, 0.5) is 10.1 Å². The number of hydrogen-bond acceptors (Lipinski definition) is 3. The van der Waals surface area contributed by atoms with Crippen molar-refractivity contribution >= 4 is 5.69 Å². The quantitative estimate of drug-likeness (QED) is 0.885. The fourth-order valence-electron chi connectivity index (χ4n) is 2.66. The fraction of sp³-hybridized carbons (Fsp3) is 0.600. The molecule has 1 aromatic rings. The van der Waals surface area contributed by atoms with Gasteiger partial charge in [-0.15, -0.1) is 0 Å². The molecule has 3 nitrogen and oxygen atoms in total. The zero-order valence-corrected chi connectivity index (χ0v) is 11.7. The Bertz CT molecular complexity index is 380. The Kier molecular flexibility index (Phi) is 5.16. The molecule has 1 heterocycles. The number of anilines is 1. The van der Waals surface area contributed by atoms with E-state index in [0.717, 1.165) is 38.4 Å². The van der Waals surface area contributed by atoms with Crippen LogP contribution in [0, 0.1) is 11.7 Å². The molecule has 1 fully saturated rings. The van der Waals surface area contributed by atoms with Crippen molar-refractivity contribution < 1.29 is 9.13 Å². The molecule has 4 heteroatoms. The maximum Gasteiger partial charge on any atom is 0.123 e. The number of hydrogen-bond donors (Lipinski definition) is 1. The van der Waals surface area contributed by atoms with E-state index in [9.17, 15) is 4.39 Å². The Hall–Kier alpha value is -1.13. The third-order valence-corrected chi connectivity index (χ3v) is 3.72. The molecule has 19 heavy (non-hydrogen) atoms. The molecule has 0 aromatic heterocycles. The first-order chi connectivity index (χ1) is 9.20. The molecule has 2 unspecified atom stereocenters. The maximum absolute atomic E-state index is 12.9. The number of ether oxygens (including phenoxy) is 1. The topological polar surface area (TPSA) is 24.5 Å². The zero-order valence-electron chi connectivity index (χ0n) is 11.7. The average molecular weight is 266 g/mol. The summed E-state index contributed by atoms with van der Waals surface area (Å²) >= 11 is 0. The van der Waals surface area contributed by atoms with Crippen molar-refractivity contribution in [2.45, 2.75) is 19.4 Å². The van der Waals surface area contributed by atoms with E-state index in [0.29, 0.717) is 12.0 Å². The lowest BCUT2D eigenvalue weighted by Gasteiger charge is -2.35. The van der Waals surface area contributed by atoms with Gasteiger partial charge in [0.05, 0.1) is 6.61 Å². The monoisotopic (exact) mass is 266 g/mol. The van der Waals surface area contributed by atoms with Gasteiger partial charge in [0.2, 0.25) is 0 Å². The Balaban J connectivity index is 1.96. The smallest absolute Gasteiger partial charge is 0.123 e. The molecule has 0 bridgehead atoms. The second-order valence-corrected chi connectivity index (χ2v) is 5.14. The van der Waals surface area contributed by atoms with Crippen molar-refractivity contribution in [1.29, 1.82) is 0 Å². The van der Waals surface area contributed by atoms with Crippen LogP contribution in [0.25, 0.3) is 0 Å². The van der Waals surface area contributed by atoms with Crippen LogP contribution < -0.4 is 10.2 Å². The number of rotatable bonds is 5. The Morgan fingerprint density at radius 2 is 2.11 bits per heavy atom. The van der Waals surface area contributed by atoms with Gasteiger partial charge in [0.25, 0.3) is 0 Å². The molecule has 0 aliphatic carbocycles. The number of benzene rings is 1. The lowest BCUT2D eigenvalue weighted by Crippen LogP contribution is -2.47. The third-order valence-electron chi connectivity index (χ3n) is 3.72. The van der Waals surface area contributed by atoms with E-state index in [1.807, 2.05) is 19.2 Å². The van der Waals surface area contributed by atoms with Crippen molar-refractivity contribution in [3.05, 3.63) is 30.1 Å². The molecular formula is C15H23FN2O. The van der Waals surface area contributed by atoms with E-state index in [-0.39, 0.29) is 5.82 Å². The minimum atomic E-state index is -0.191. The van der Waals surface area contributed by atoms with Gasteiger partial charge in [0.15, 0.2) is 0 Å². The summed E-state index contributed by atoms with van der Waals surface area (Å²) in [5.41, 5.74) is 1.04. The van der Waals surface area contributed by atoms with Crippen LogP contribution in [0.3, 0.4) is 0 Å². The standard InChI is InChI=1S/C15H23FN2O/c1-3-17-15-8-9-19-11-12(15)10-18(2)14-6-4-13(16)5-7-14/h4-7,12,15,17H,3,8-11H2,1-2H3. The summed E-state index contributed by atoms with van der Waals surface area (Å²) in [6, 6.07) is 7.17. The van der Waals surface area contributed by atoms with Gasteiger partial charge in [0, 0.05) is 37.8 Å². The summed E-state index contributed by atoms with van der Waals surface area (Å²) in [7, 11) is 2.05. The predicted molar refractivity (Wildman–Crippen MR) is 76.1 cm³/mol. The highest BCUT2D eigenvalue weighted by atomic mass is 19.1. The van der Waals surface area contributed by atoms with Crippen LogP contribution in [0.1, 0.15) is 13.3 Å². The zero-order chi connectivity index (χ0) is 13.7. The van der Waals surface area contributed by atoms with Gasteiger partial charge in [-0.3, -0.25) is 0 Å². The van der Waals surface area contributed by atoms with Crippen LogP contribution in [-0.2, 0) is 4.74 Å². The van der Waals surface area contributed by atoms with Crippen molar-refractivity contribution in [1.82, 2.24) is 5.32 Å². The summed E-state index contributed by atoms with van der Waals surface area (Å²) < 4.78 is 18.5. The summed E-state index contributed by atoms with van der Waals surface area (Å²) in [6.45, 7) is 5.68. The highest BCUT2D eigenvalue weighted by Gasteiger charge is 2.26. The van der Waals surface area contributed by atoms with E-state index in [4.69, 9.17) is 4.74 Å². The van der Waals surface area contributed by atoms with E-state index < -0.39 is 0 Å². The summed E-state index contributed by atoms with van der Waals surface area (Å²) in [5.74, 6) is 0.285. The highest BCUT2D eigenvalue weighted by Crippen LogP contribution is 2.20. The van der Waals surface area contributed by atoms with Crippen LogP contribution in [0.2, 0.25) is 0 Å². The van der Waals surface area contributed by atoms with Gasteiger partial charge in [-0.2, -0.15) is 0 Å². The fourth-order valence-corrected chi connectivity index (χ4v) is 2.66. The average Bonchev–Trinajstić information content (AvgIpc) is 2.42. The molecule has 1 aromatic carbocycles. The van der Waals surface area contributed by atoms with Crippen molar-refractivity contribution in [3.8, 4) is 0 Å². The van der Waals surface area contributed by atoms with Crippen LogP contribution >= 0.6 is 0 Å². The van der Waals surface area contributed by atoms with Crippen molar-refractivity contribution in [2.75, 3.05) is 38.3 Å². The summed E-state index contributed by atoms with van der Waals surface area (Å²) in [5, 5.41) is 3.53. The van der Waals surface area contributed by atoms with Crippen molar-refractivity contribution in [2.24, 2.45) is 5.92 Å². The van der Waals surface area contributed by atoms with Gasteiger partial charge in [-0.25, -0.2) is 4.39 Å². The van der Waals surface area contributed by atoms with Gasteiger partial charge in [-0.1, -0.05) is 6.92 Å². The Morgan fingerprint density at radius 3 is 2.79 bits per heavy atom. The third kappa shape index (κ3) is 3.91. The normalized spacial score (nSPS) is 23.3. The van der Waals surface area contributed by atoms with Crippen molar-refractivity contribution in [3.63, 3.8) is 0 Å². The minimum Gasteiger partial charge on any atom is -0.381 e. The second kappa shape index (κ2) is 6.87. The van der Waals surface area contributed by atoms with E-state index >= 15 is 0 Å². The molecule has 106 valence electrons. The predicted octanol–water partition coefficient (Wildman–Crippen LogP) is 2.28. The van der Waals surface area contributed by atoms with Gasteiger partial charge < -0.3 is 15.0 Å². The van der Waals surface area contributed by atoms with Gasteiger partial charge in [-0.05, 0) is 37.2 Å².